The molecular weight excluding hydrogens is 401 g/mol. The monoisotopic (exact) mass is 429 g/mol. The molecule has 5 nitrogen and oxygen atoms in total. The third-order valence-electron chi connectivity index (χ3n) is 6.06. The molecule has 4 rings (SSSR count). The Hall–Kier alpha value is -2.25. The molecule has 7 heteroatoms. The van der Waals surface area contributed by atoms with Gasteiger partial charge in [0, 0.05) is 50.1 Å². The zero-order valence-electron chi connectivity index (χ0n) is 17.1. The van der Waals surface area contributed by atoms with Crippen LogP contribution in [0.5, 0.6) is 0 Å². The van der Waals surface area contributed by atoms with Gasteiger partial charge in [-0.05, 0) is 42.7 Å². The maximum Gasteiger partial charge on any atom is 0.261 e. The molecule has 2 amide bonds. The molecule has 0 unspecified atom stereocenters. The van der Waals surface area contributed by atoms with Crippen molar-refractivity contribution in [2.45, 2.75) is 25.7 Å². The number of rotatable bonds is 6. The fraction of sp³-hybridized carbons (Fsp3) is 0.478. The highest BCUT2D eigenvalue weighted by Gasteiger charge is 2.29. The minimum atomic E-state index is -0.267. The number of benzene rings is 1. The number of halogens is 1. The van der Waals surface area contributed by atoms with E-state index >= 15 is 0 Å². The SMILES string of the molecule is O=C(NCCN1CCN(C(=O)C2CCCC2)CC1)c1ccc(-c2ccc(F)cc2)s1. The fourth-order valence-electron chi connectivity index (χ4n) is 4.27. The first-order valence-electron chi connectivity index (χ1n) is 10.8. The van der Waals surface area contributed by atoms with E-state index in [9.17, 15) is 14.0 Å². The lowest BCUT2D eigenvalue weighted by molar-refractivity contribution is -0.137. The molecule has 160 valence electrons. The summed E-state index contributed by atoms with van der Waals surface area (Å²) in [6.07, 6.45) is 4.48. The van der Waals surface area contributed by atoms with Gasteiger partial charge in [0.1, 0.15) is 5.82 Å². The summed E-state index contributed by atoms with van der Waals surface area (Å²) >= 11 is 1.41. The summed E-state index contributed by atoms with van der Waals surface area (Å²) in [5.41, 5.74) is 0.908. The molecule has 1 N–H and O–H groups in total. The van der Waals surface area contributed by atoms with E-state index in [1.807, 2.05) is 17.0 Å². The highest BCUT2D eigenvalue weighted by atomic mass is 32.1. The second-order valence-electron chi connectivity index (χ2n) is 8.07. The lowest BCUT2D eigenvalue weighted by Gasteiger charge is -2.36. The largest absolute Gasteiger partial charge is 0.350 e. The van der Waals surface area contributed by atoms with Gasteiger partial charge in [0.2, 0.25) is 5.91 Å². The minimum absolute atomic E-state index is 0.0802. The molecule has 0 atom stereocenters. The van der Waals surface area contributed by atoms with Crippen molar-refractivity contribution in [1.29, 1.82) is 0 Å². The number of amides is 2. The number of carbonyl (C=O) groups excluding carboxylic acids is 2. The van der Waals surface area contributed by atoms with Gasteiger partial charge in [0.15, 0.2) is 0 Å². The molecule has 30 heavy (non-hydrogen) atoms. The summed E-state index contributed by atoms with van der Waals surface area (Å²) in [6.45, 7) is 4.67. The molecular formula is C23H28FN3O2S. The normalized spacial score (nSPS) is 18.0. The first-order valence-corrected chi connectivity index (χ1v) is 11.6. The number of carbonyl (C=O) groups is 2. The van der Waals surface area contributed by atoms with E-state index in [0.29, 0.717) is 17.3 Å². The molecule has 1 saturated carbocycles. The number of thiophene rings is 1. The Morgan fingerprint density at radius 3 is 2.40 bits per heavy atom. The van der Waals surface area contributed by atoms with E-state index in [2.05, 4.69) is 10.2 Å². The first-order chi connectivity index (χ1) is 14.6. The van der Waals surface area contributed by atoms with Crippen LogP contribution >= 0.6 is 11.3 Å². The zero-order chi connectivity index (χ0) is 20.9. The van der Waals surface area contributed by atoms with Crippen LogP contribution in [-0.2, 0) is 4.79 Å². The summed E-state index contributed by atoms with van der Waals surface area (Å²) in [5.74, 6) is 0.247. The van der Waals surface area contributed by atoms with Gasteiger partial charge < -0.3 is 10.2 Å². The average molecular weight is 430 g/mol. The smallest absolute Gasteiger partial charge is 0.261 e. The lowest BCUT2D eigenvalue weighted by atomic mass is 10.1. The van der Waals surface area contributed by atoms with Gasteiger partial charge >= 0.3 is 0 Å². The van der Waals surface area contributed by atoms with Crippen LogP contribution in [0.2, 0.25) is 0 Å². The Morgan fingerprint density at radius 2 is 1.70 bits per heavy atom. The van der Waals surface area contributed by atoms with Gasteiger partial charge in [-0.3, -0.25) is 14.5 Å². The van der Waals surface area contributed by atoms with Gasteiger partial charge in [-0.15, -0.1) is 11.3 Å². The second kappa shape index (κ2) is 9.71. The Kier molecular flexibility index (Phi) is 6.79. The second-order valence-corrected chi connectivity index (χ2v) is 9.16. The van der Waals surface area contributed by atoms with Crippen LogP contribution in [0.1, 0.15) is 35.4 Å². The Labute approximate surface area is 180 Å². The van der Waals surface area contributed by atoms with Crippen LogP contribution < -0.4 is 5.32 Å². The molecule has 2 heterocycles. The van der Waals surface area contributed by atoms with E-state index in [0.717, 1.165) is 56.0 Å². The van der Waals surface area contributed by atoms with Crippen molar-refractivity contribution in [2.75, 3.05) is 39.3 Å². The first kappa shape index (κ1) is 21.0. The zero-order valence-corrected chi connectivity index (χ0v) is 17.9. The van der Waals surface area contributed by atoms with Crippen LogP contribution in [0.3, 0.4) is 0 Å². The Bertz CT molecular complexity index is 869. The molecule has 1 aliphatic heterocycles. The summed E-state index contributed by atoms with van der Waals surface area (Å²) < 4.78 is 13.1. The van der Waals surface area contributed by atoms with Gasteiger partial charge in [0.05, 0.1) is 4.88 Å². The van der Waals surface area contributed by atoms with Crippen molar-refractivity contribution in [3.63, 3.8) is 0 Å². The van der Waals surface area contributed by atoms with Crippen molar-refractivity contribution < 1.29 is 14.0 Å². The molecule has 2 aromatic rings. The summed E-state index contributed by atoms with van der Waals surface area (Å²) in [4.78, 5) is 30.9. The van der Waals surface area contributed by atoms with Gasteiger partial charge in [-0.25, -0.2) is 4.39 Å². The Morgan fingerprint density at radius 1 is 1.00 bits per heavy atom. The predicted molar refractivity (Wildman–Crippen MR) is 117 cm³/mol. The van der Waals surface area contributed by atoms with Crippen LogP contribution in [0, 0.1) is 11.7 Å². The van der Waals surface area contributed by atoms with Crippen molar-refractivity contribution in [3.8, 4) is 10.4 Å². The number of nitrogens with zero attached hydrogens (tertiary/aromatic N) is 2. The molecule has 2 fully saturated rings. The fourth-order valence-corrected chi connectivity index (χ4v) is 5.19. The summed E-state index contributed by atoms with van der Waals surface area (Å²) in [6, 6.07) is 10.0. The maximum absolute atomic E-state index is 13.1. The van der Waals surface area contributed by atoms with E-state index in [1.54, 1.807) is 12.1 Å². The molecule has 1 saturated heterocycles. The van der Waals surface area contributed by atoms with Gasteiger partial charge in [-0.2, -0.15) is 0 Å². The molecule has 0 radical (unpaired) electrons. The van der Waals surface area contributed by atoms with Crippen molar-refractivity contribution in [3.05, 3.63) is 47.1 Å². The molecule has 1 aliphatic carbocycles. The molecule has 0 bridgehead atoms. The quantitative estimate of drug-likeness (QED) is 0.763. The highest BCUT2D eigenvalue weighted by Crippen LogP contribution is 2.28. The number of hydrogen-bond donors (Lipinski definition) is 1. The third-order valence-corrected chi connectivity index (χ3v) is 7.19. The number of hydrogen-bond acceptors (Lipinski definition) is 4. The van der Waals surface area contributed by atoms with Crippen molar-refractivity contribution in [2.24, 2.45) is 5.92 Å². The lowest BCUT2D eigenvalue weighted by Crippen LogP contribution is -2.51. The van der Waals surface area contributed by atoms with E-state index < -0.39 is 0 Å². The average Bonchev–Trinajstić information content (AvgIpc) is 3.47. The number of nitrogens with one attached hydrogen (secondary N) is 1. The third kappa shape index (κ3) is 5.08. The molecule has 1 aromatic heterocycles. The van der Waals surface area contributed by atoms with Crippen LogP contribution in [0.25, 0.3) is 10.4 Å². The van der Waals surface area contributed by atoms with Gasteiger partial charge in [0.25, 0.3) is 5.91 Å². The van der Waals surface area contributed by atoms with Gasteiger partial charge in [-0.1, -0.05) is 25.0 Å². The maximum atomic E-state index is 13.1. The van der Waals surface area contributed by atoms with E-state index in [1.165, 1.54) is 36.3 Å². The topological polar surface area (TPSA) is 52.7 Å². The number of piperazine rings is 1. The summed E-state index contributed by atoms with van der Waals surface area (Å²) in [5, 5.41) is 2.99. The van der Waals surface area contributed by atoms with E-state index in [4.69, 9.17) is 0 Å². The standard InChI is InChI=1S/C23H28FN3O2S/c24-19-7-5-17(6-8-19)20-9-10-21(30-20)22(28)25-11-12-26-13-15-27(16-14-26)23(29)18-3-1-2-4-18/h5-10,18H,1-4,11-16H2,(H,25,28). The molecule has 0 spiro atoms. The molecule has 2 aliphatic rings. The Balaban J connectivity index is 1.19. The predicted octanol–water partition coefficient (Wildman–Crippen LogP) is 3.62. The molecule has 1 aromatic carbocycles. The van der Waals surface area contributed by atoms with Crippen LogP contribution in [0.15, 0.2) is 36.4 Å². The van der Waals surface area contributed by atoms with Crippen molar-refractivity contribution >= 4 is 23.2 Å². The summed E-state index contributed by atoms with van der Waals surface area (Å²) in [7, 11) is 0. The van der Waals surface area contributed by atoms with Crippen LogP contribution in [0.4, 0.5) is 4.39 Å². The van der Waals surface area contributed by atoms with Crippen LogP contribution in [-0.4, -0.2) is 60.9 Å². The minimum Gasteiger partial charge on any atom is -0.350 e. The highest BCUT2D eigenvalue weighted by molar-refractivity contribution is 7.17. The van der Waals surface area contributed by atoms with Crippen molar-refractivity contribution in [1.82, 2.24) is 15.1 Å². The van der Waals surface area contributed by atoms with E-state index in [-0.39, 0.29) is 17.6 Å².